The van der Waals surface area contributed by atoms with Gasteiger partial charge in [0, 0.05) is 56.3 Å². The molecule has 4 aromatic heterocycles. The summed E-state index contributed by atoms with van der Waals surface area (Å²) in [5.41, 5.74) is 12.5. The van der Waals surface area contributed by atoms with Crippen LogP contribution < -0.4 is 0 Å². The molecular weight excluding hydrogens is 548 g/mol. The first kappa shape index (κ1) is 27.0. The number of H-pyrrole nitrogens is 1. The van der Waals surface area contributed by atoms with Gasteiger partial charge >= 0.3 is 0 Å². The lowest BCUT2D eigenvalue weighted by Gasteiger charge is -2.18. The van der Waals surface area contributed by atoms with Crippen LogP contribution in [-0.2, 0) is 5.41 Å². The van der Waals surface area contributed by atoms with E-state index < -0.39 is 0 Å². The largest absolute Gasteiger partial charge is 0.354 e. The third-order valence-corrected chi connectivity index (χ3v) is 8.67. The summed E-state index contributed by atoms with van der Waals surface area (Å²) in [4.78, 5) is 18.6. The topological polar surface area (TPSA) is 54.5 Å². The molecular formula is C41H32N4. The minimum atomic E-state index is 0.0540. The van der Waals surface area contributed by atoms with Crippen molar-refractivity contribution >= 4 is 32.7 Å². The van der Waals surface area contributed by atoms with E-state index in [0.29, 0.717) is 0 Å². The predicted octanol–water partition coefficient (Wildman–Crippen LogP) is 10.6. The number of hydrogen-bond acceptors (Lipinski definition) is 3. The lowest BCUT2D eigenvalue weighted by Crippen LogP contribution is -2.11. The number of benzene rings is 4. The summed E-state index contributed by atoms with van der Waals surface area (Å²) >= 11 is 0. The molecule has 8 rings (SSSR count). The number of aromatic amines is 1. The second kappa shape index (κ2) is 10.5. The SMILES string of the molecule is CC(C)(C)c1ccc(-c2cccc(-c3cc(-c4cccc5cccnc45)cc(-c4cccc5c4[nH]c4ccccc45)n3)c2)nc1. The average Bonchev–Trinajstić information content (AvgIpc) is 3.46. The van der Waals surface area contributed by atoms with Crippen molar-refractivity contribution in [1.29, 1.82) is 0 Å². The minimum absolute atomic E-state index is 0.0540. The smallest absolute Gasteiger partial charge is 0.0780 e. The molecule has 0 spiro atoms. The molecule has 8 aromatic rings. The number of nitrogens with zero attached hydrogens (tertiary/aromatic N) is 3. The Hall–Kier alpha value is -5.61. The molecule has 216 valence electrons. The Morgan fingerprint density at radius 2 is 1.29 bits per heavy atom. The third-order valence-electron chi connectivity index (χ3n) is 8.67. The van der Waals surface area contributed by atoms with E-state index >= 15 is 0 Å². The average molecular weight is 581 g/mol. The van der Waals surface area contributed by atoms with Crippen molar-refractivity contribution in [1.82, 2.24) is 19.9 Å². The number of hydrogen-bond donors (Lipinski definition) is 1. The van der Waals surface area contributed by atoms with Crippen molar-refractivity contribution in [3.63, 3.8) is 0 Å². The highest BCUT2D eigenvalue weighted by atomic mass is 14.8. The first-order chi connectivity index (χ1) is 21.9. The zero-order valence-corrected chi connectivity index (χ0v) is 25.5. The Balaban J connectivity index is 1.33. The number of aromatic nitrogens is 4. The van der Waals surface area contributed by atoms with Crippen LogP contribution in [-0.4, -0.2) is 19.9 Å². The molecule has 0 radical (unpaired) electrons. The van der Waals surface area contributed by atoms with Gasteiger partial charge in [0.05, 0.1) is 28.1 Å². The fourth-order valence-corrected chi connectivity index (χ4v) is 6.24. The summed E-state index contributed by atoms with van der Waals surface area (Å²) in [5.74, 6) is 0. The fourth-order valence-electron chi connectivity index (χ4n) is 6.24. The molecule has 0 amide bonds. The molecule has 0 atom stereocenters. The van der Waals surface area contributed by atoms with Crippen molar-refractivity contribution in [3.05, 3.63) is 139 Å². The van der Waals surface area contributed by atoms with Gasteiger partial charge in [0.15, 0.2) is 0 Å². The number of nitrogens with one attached hydrogen (secondary N) is 1. The molecule has 4 aromatic carbocycles. The van der Waals surface area contributed by atoms with Crippen LogP contribution in [0.25, 0.3) is 77.6 Å². The van der Waals surface area contributed by atoms with Crippen molar-refractivity contribution in [2.24, 2.45) is 0 Å². The van der Waals surface area contributed by atoms with Crippen LogP contribution >= 0.6 is 0 Å². The first-order valence-corrected chi connectivity index (χ1v) is 15.4. The van der Waals surface area contributed by atoms with E-state index in [1.807, 2.05) is 18.5 Å². The van der Waals surface area contributed by atoms with E-state index in [2.05, 4.69) is 141 Å². The van der Waals surface area contributed by atoms with Crippen LogP contribution in [0, 0.1) is 0 Å². The zero-order valence-electron chi connectivity index (χ0n) is 25.5. The molecule has 4 nitrogen and oxygen atoms in total. The van der Waals surface area contributed by atoms with Crippen molar-refractivity contribution in [2.45, 2.75) is 26.2 Å². The molecule has 0 aliphatic rings. The summed E-state index contributed by atoms with van der Waals surface area (Å²) in [6.45, 7) is 6.63. The van der Waals surface area contributed by atoms with Gasteiger partial charge in [0.2, 0.25) is 0 Å². The molecule has 45 heavy (non-hydrogen) atoms. The zero-order chi connectivity index (χ0) is 30.5. The van der Waals surface area contributed by atoms with Gasteiger partial charge in [-0.1, -0.05) is 106 Å². The molecule has 0 fully saturated rings. The summed E-state index contributed by atoms with van der Waals surface area (Å²) in [6, 6.07) is 42.6. The van der Waals surface area contributed by atoms with Crippen LogP contribution in [0.2, 0.25) is 0 Å². The van der Waals surface area contributed by atoms with Gasteiger partial charge < -0.3 is 4.98 Å². The monoisotopic (exact) mass is 580 g/mol. The second-order valence-electron chi connectivity index (χ2n) is 12.7. The third kappa shape index (κ3) is 4.85. The van der Waals surface area contributed by atoms with Crippen LogP contribution in [0.3, 0.4) is 0 Å². The molecule has 0 aliphatic heterocycles. The van der Waals surface area contributed by atoms with Crippen molar-refractivity contribution < 1.29 is 0 Å². The lowest BCUT2D eigenvalue weighted by atomic mass is 9.88. The summed E-state index contributed by atoms with van der Waals surface area (Å²) < 4.78 is 0. The Labute approximate surface area is 262 Å². The highest BCUT2D eigenvalue weighted by Gasteiger charge is 2.17. The Morgan fingerprint density at radius 3 is 2.13 bits per heavy atom. The highest BCUT2D eigenvalue weighted by molar-refractivity contribution is 6.11. The van der Waals surface area contributed by atoms with Gasteiger partial charge in [-0.3, -0.25) is 9.97 Å². The summed E-state index contributed by atoms with van der Waals surface area (Å²) in [6.07, 6.45) is 3.86. The van der Waals surface area contributed by atoms with Gasteiger partial charge in [-0.25, -0.2) is 4.98 Å². The summed E-state index contributed by atoms with van der Waals surface area (Å²) in [7, 11) is 0. The van der Waals surface area contributed by atoms with Crippen molar-refractivity contribution in [3.8, 4) is 44.9 Å². The van der Waals surface area contributed by atoms with Gasteiger partial charge in [-0.05, 0) is 52.9 Å². The normalized spacial score (nSPS) is 11.9. The van der Waals surface area contributed by atoms with Crippen LogP contribution in [0.15, 0.2) is 134 Å². The standard InChI is InChI=1S/C41H32N4/c1-41(2,3)30-19-20-35(43-25-30)27-11-6-12-28(22-27)37-23-29(31-15-7-10-26-13-9-21-42-39(26)31)24-38(44-37)34-17-8-16-33-32-14-4-5-18-36(32)45-40(33)34/h4-25,45H,1-3H3. The van der Waals surface area contributed by atoms with Gasteiger partial charge in [0.1, 0.15) is 0 Å². The van der Waals surface area contributed by atoms with E-state index in [9.17, 15) is 0 Å². The molecule has 0 bridgehead atoms. The highest BCUT2D eigenvalue weighted by Crippen LogP contribution is 2.37. The molecule has 0 unspecified atom stereocenters. The van der Waals surface area contributed by atoms with Gasteiger partial charge in [-0.15, -0.1) is 0 Å². The lowest BCUT2D eigenvalue weighted by molar-refractivity contribution is 0.587. The fraction of sp³-hybridized carbons (Fsp3) is 0.0976. The number of para-hydroxylation sites is 3. The number of rotatable bonds is 4. The number of fused-ring (bicyclic) bond motifs is 4. The predicted molar refractivity (Wildman–Crippen MR) is 187 cm³/mol. The Morgan fingerprint density at radius 1 is 0.556 bits per heavy atom. The molecule has 4 heterocycles. The van der Waals surface area contributed by atoms with Gasteiger partial charge in [0.25, 0.3) is 0 Å². The Kier molecular flexibility index (Phi) is 6.31. The van der Waals surface area contributed by atoms with E-state index in [1.165, 1.54) is 16.3 Å². The quantitative estimate of drug-likeness (QED) is 0.225. The molecule has 1 N–H and O–H groups in total. The van der Waals surface area contributed by atoms with Crippen LogP contribution in [0.4, 0.5) is 0 Å². The maximum Gasteiger partial charge on any atom is 0.0780 e. The molecule has 0 saturated heterocycles. The molecule has 4 heteroatoms. The van der Waals surface area contributed by atoms with E-state index in [4.69, 9.17) is 15.0 Å². The van der Waals surface area contributed by atoms with Crippen LogP contribution in [0.1, 0.15) is 26.3 Å². The second-order valence-corrected chi connectivity index (χ2v) is 12.7. The maximum absolute atomic E-state index is 5.32. The minimum Gasteiger partial charge on any atom is -0.354 e. The molecule has 0 saturated carbocycles. The van der Waals surface area contributed by atoms with Crippen LogP contribution in [0.5, 0.6) is 0 Å². The van der Waals surface area contributed by atoms with E-state index in [-0.39, 0.29) is 5.41 Å². The maximum atomic E-state index is 5.32. The first-order valence-electron chi connectivity index (χ1n) is 15.4. The van der Waals surface area contributed by atoms with E-state index in [1.54, 1.807) is 0 Å². The molecule has 0 aliphatic carbocycles. The van der Waals surface area contributed by atoms with Crippen molar-refractivity contribution in [2.75, 3.05) is 0 Å². The summed E-state index contributed by atoms with van der Waals surface area (Å²) in [5, 5.41) is 3.51. The van der Waals surface area contributed by atoms with E-state index in [0.717, 1.165) is 66.8 Å². The van der Waals surface area contributed by atoms with Gasteiger partial charge in [-0.2, -0.15) is 0 Å². The number of pyridine rings is 3. The Bertz CT molecular complexity index is 2350.